The number of rotatable bonds is 2. The minimum absolute atomic E-state index is 0.0230. The van der Waals surface area contributed by atoms with Gasteiger partial charge in [-0.1, -0.05) is 25.3 Å². The molecule has 0 spiro atoms. The van der Waals surface area contributed by atoms with E-state index in [0.717, 1.165) is 44.3 Å². The molecule has 0 aromatic heterocycles. The molecule has 116 valence electrons. The Kier molecular flexibility index (Phi) is 5.27. The predicted octanol–water partition coefficient (Wildman–Crippen LogP) is 3.33. The monoisotopic (exact) mass is 329 g/mol. The van der Waals surface area contributed by atoms with E-state index in [1.165, 1.54) is 18.6 Å². The van der Waals surface area contributed by atoms with Crippen LogP contribution in [-0.4, -0.2) is 32.3 Å². The van der Waals surface area contributed by atoms with Gasteiger partial charge in [-0.15, -0.1) is 0 Å². The second kappa shape index (κ2) is 6.79. The fourth-order valence-electron chi connectivity index (χ4n) is 2.60. The molecule has 1 fully saturated rings. The van der Waals surface area contributed by atoms with Crippen LogP contribution in [0.1, 0.15) is 48.0 Å². The Hall–Kier alpha value is -1.07. The maximum absolute atomic E-state index is 12.7. The Morgan fingerprint density at radius 2 is 1.67 bits per heavy atom. The Bertz CT molecular complexity index is 620. The van der Waals surface area contributed by atoms with Gasteiger partial charge in [-0.25, -0.2) is 8.42 Å². The third kappa shape index (κ3) is 4.20. The number of benzene rings is 1. The fourth-order valence-corrected chi connectivity index (χ4v) is 3.38. The first kappa shape index (κ1) is 16.3. The molecule has 1 amide bonds. The van der Waals surface area contributed by atoms with Crippen LogP contribution in [0.4, 0.5) is 0 Å². The highest BCUT2D eigenvalue weighted by molar-refractivity contribution is 8.13. The van der Waals surface area contributed by atoms with Crippen molar-refractivity contribution < 1.29 is 13.2 Å². The van der Waals surface area contributed by atoms with Gasteiger partial charge in [0.25, 0.3) is 15.0 Å². The number of hydrogen-bond donors (Lipinski definition) is 0. The van der Waals surface area contributed by atoms with Crippen LogP contribution in [0.15, 0.2) is 23.1 Å². The molecule has 21 heavy (non-hydrogen) atoms. The number of amides is 1. The molecule has 1 aromatic rings. The van der Waals surface area contributed by atoms with Crippen molar-refractivity contribution in [3.63, 3.8) is 0 Å². The highest BCUT2D eigenvalue weighted by atomic mass is 35.7. The van der Waals surface area contributed by atoms with E-state index in [4.69, 9.17) is 10.7 Å². The summed E-state index contributed by atoms with van der Waals surface area (Å²) in [5, 5.41) is 0. The van der Waals surface area contributed by atoms with Gasteiger partial charge >= 0.3 is 0 Å². The fraction of sp³-hybridized carbons (Fsp3) is 0.533. The zero-order valence-corrected chi connectivity index (χ0v) is 13.7. The van der Waals surface area contributed by atoms with Crippen LogP contribution in [0.5, 0.6) is 0 Å². The molecule has 1 aromatic carbocycles. The smallest absolute Gasteiger partial charge is 0.261 e. The normalized spacial score (nSPS) is 17.1. The van der Waals surface area contributed by atoms with Gasteiger partial charge in [-0.3, -0.25) is 4.79 Å². The summed E-state index contributed by atoms with van der Waals surface area (Å²) in [5.74, 6) is -0.100. The third-order valence-corrected chi connectivity index (χ3v) is 5.22. The minimum atomic E-state index is -3.82. The number of halogens is 1. The molecule has 0 N–H and O–H groups in total. The van der Waals surface area contributed by atoms with Crippen molar-refractivity contribution in [3.8, 4) is 0 Å². The zero-order valence-electron chi connectivity index (χ0n) is 12.1. The summed E-state index contributed by atoms with van der Waals surface area (Å²) in [5.41, 5.74) is 1.20. The summed E-state index contributed by atoms with van der Waals surface area (Å²) < 4.78 is 22.9. The van der Waals surface area contributed by atoms with Crippen LogP contribution in [0.2, 0.25) is 0 Å². The first-order chi connectivity index (χ1) is 9.89. The summed E-state index contributed by atoms with van der Waals surface area (Å²) in [6, 6.07) is 4.45. The number of aryl methyl sites for hydroxylation is 1. The number of carbonyl (C=O) groups excluding carboxylic acids is 1. The molecule has 4 nitrogen and oxygen atoms in total. The number of hydrogen-bond acceptors (Lipinski definition) is 3. The highest BCUT2D eigenvalue weighted by Crippen LogP contribution is 2.21. The SMILES string of the molecule is Cc1ccc(S(=O)(=O)Cl)cc1C(=O)N1CCCCCCC1. The van der Waals surface area contributed by atoms with Crippen molar-refractivity contribution in [3.05, 3.63) is 29.3 Å². The van der Waals surface area contributed by atoms with Gasteiger partial charge in [0, 0.05) is 29.3 Å². The van der Waals surface area contributed by atoms with Gasteiger partial charge in [0.05, 0.1) is 4.90 Å². The quantitative estimate of drug-likeness (QED) is 0.782. The van der Waals surface area contributed by atoms with E-state index >= 15 is 0 Å². The molecule has 6 heteroatoms. The molecule has 0 aliphatic carbocycles. The predicted molar refractivity (Wildman–Crippen MR) is 83.2 cm³/mol. The Morgan fingerprint density at radius 1 is 1.10 bits per heavy atom. The largest absolute Gasteiger partial charge is 0.339 e. The molecule has 2 rings (SSSR count). The average Bonchev–Trinajstić information content (AvgIpc) is 2.36. The summed E-state index contributed by atoms with van der Waals surface area (Å²) in [6.07, 6.45) is 5.50. The summed E-state index contributed by atoms with van der Waals surface area (Å²) >= 11 is 0. The van der Waals surface area contributed by atoms with Crippen molar-refractivity contribution in [1.82, 2.24) is 4.90 Å². The van der Waals surface area contributed by atoms with Crippen LogP contribution < -0.4 is 0 Å². The number of likely N-dealkylation sites (tertiary alicyclic amines) is 1. The number of carbonyl (C=O) groups is 1. The van der Waals surface area contributed by atoms with E-state index in [9.17, 15) is 13.2 Å². The first-order valence-electron chi connectivity index (χ1n) is 7.24. The lowest BCUT2D eigenvalue weighted by Crippen LogP contribution is -2.34. The van der Waals surface area contributed by atoms with Crippen molar-refractivity contribution in [2.24, 2.45) is 0 Å². The summed E-state index contributed by atoms with van der Waals surface area (Å²) in [7, 11) is 1.55. The lowest BCUT2D eigenvalue weighted by atomic mass is 10.0. The average molecular weight is 330 g/mol. The molecule has 0 atom stereocenters. The highest BCUT2D eigenvalue weighted by Gasteiger charge is 2.21. The number of nitrogens with zero attached hydrogens (tertiary/aromatic N) is 1. The summed E-state index contributed by atoms with van der Waals surface area (Å²) in [6.45, 7) is 3.27. The van der Waals surface area contributed by atoms with Crippen molar-refractivity contribution >= 4 is 25.6 Å². The molecular weight excluding hydrogens is 310 g/mol. The van der Waals surface area contributed by atoms with E-state index in [2.05, 4.69) is 0 Å². The second-order valence-electron chi connectivity index (χ2n) is 5.47. The zero-order chi connectivity index (χ0) is 15.5. The van der Waals surface area contributed by atoms with Gasteiger partial charge in [0.1, 0.15) is 0 Å². The molecule has 1 heterocycles. The van der Waals surface area contributed by atoms with Crippen molar-refractivity contribution in [2.45, 2.75) is 43.9 Å². The Labute approximate surface area is 130 Å². The molecule has 0 unspecified atom stereocenters. The van der Waals surface area contributed by atoms with Crippen LogP contribution in [-0.2, 0) is 9.05 Å². The maximum atomic E-state index is 12.7. The molecular formula is C15H20ClNO3S. The van der Waals surface area contributed by atoms with Crippen molar-refractivity contribution in [1.29, 1.82) is 0 Å². The van der Waals surface area contributed by atoms with Crippen LogP contribution in [0, 0.1) is 6.92 Å². The van der Waals surface area contributed by atoms with Crippen molar-refractivity contribution in [2.75, 3.05) is 13.1 Å². The standard InChI is InChI=1S/C15H20ClNO3S/c1-12-7-8-13(21(16,19)20)11-14(12)15(18)17-9-5-3-2-4-6-10-17/h7-8,11H,2-6,9-10H2,1H3. The van der Waals surface area contributed by atoms with Gasteiger partial charge in [-0.2, -0.15) is 0 Å². The van der Waals surface area contributed by atoms with Crippen LogP contribution >= 0.6 is 10.7 Å². The molecule has 1 aliphatic heterocycles. The van der Waals surface area contributed by atoms with Gasteiger partial charge in [0.15, 0.2) is 0 Å². The van der Waals surface area contributed by atoms with Gasteiger partial charge in [0.2, 0.25) is 0 Å². The van der Waals surface area contributed by atoms with Gasteiger partial charge < -0.3 is 4.90 Å². The third-order valence-electron chi connectivity index (χ3n) is 3.86. The molecule has 0 bridgehead atoms. The molecule has 1 saturated heterocycles. The van der Waals surface area contributed by atoms with Gasteiger partial charge in [-0.05, 0) is 37.5 Å². The van der Waals surface area contributed by atoms with E-state index in [-0.39, 0.29) is 10.8 Å². The lowest BCUT2D eigenvalue weighted by molar-refractivity contribution is 0.0741. The second-order valence-corrected chi connectivity index (χ2v) is 8.04. The Morgan fingerprint density at radius 3 is 2.24 bits per heavy atom. The summed E-state index contributed by atoms with van der Waals surface area (Å²) in [4.78, 5) is 14.5. The van der Waals surface area contributed by atoms with E-state index in [0.29, 0.717) is 5.56 Å². The first-order valence-corrected chi connectivity index (χ1v) is 9.55. The van der Waals surface area contributed by atoms with E-state index in [1.807, 2.05) is 11.8 Å². The van der Waals surface area contributed by atoms with E-state index < -0.39 is 9.05 Å². The topological polar surface area (TPSA) is 54.5 Å². The molecule has 1 aliphatic rings. The minimum Gasteiger partial charge on any atom is -0.339 e. The maximum Gasteiger partial charge on any atom is 0.261 e. The molecule has 0 radical (unpaired) electrons. The lowest BCUT2D eigenvalue weighted by Gasteiger charge is -2.25. The van der Waals surface area contributed by atoms with Crippen LogP contribution in [0.3, 0.4) is 0 Å². The molecule has 0 saturated carbocycles. The Balaban J connectivity index is 2.29. The van der Waals surface area contributed by atoms with E-state index in [1.54, 1.807) is 6.07 Å². The van der Waals surface area contributed by atoms with Crippen LogP contribution in [0.25, 0.3) is 0 Å².